The van der Waals surface area contributed by atoms with Crippen LogP contribution in [-0.2, 0) is 14.6 Å². The molecule has 0 bridgehead atoms. The number of fused-ring (bicyclic) bond motifs is 1. The minimum Gasteiger partial charge on any atom is -0.489 e. The molecule has 1 aliphatic rings. The van der Waals surface area contributed by atoms with E-state index in [1.165, 1.54) is 24.3 Å². The van der Waals surface area contributed by atoms with E-state index >= 15 is 0 Å². The van der Waals surface area contributed by atoms with E-state index < -0.39 is 26.4 Å². The third kappa shape index (κ3) is 5.04. The summed E-state index contributed by atoms with van der Waals surface area (Å²) >= 11 is 6.20. The van der Waals surface area contributed by atoms with Crippen LogP contribution in [0.3, 0.4) is 0 Å². The number of alkyl halides is 2. The van der Waals surface area contributed by atoms with Gasteiger partial charge in [-0.15, -0.1) is 0 Å². The van der Waals surface area contributed by atoms with Crippen LogP contribution in [0.25, 0.3) is 6.08 Å². The van der Waals surface area contributed by atoms with Crippen LogP contribution in [0.5, 0.6) is 11.5 Å². The summed E-state index contributed by atoms with van der Waals surface area (Å²) in [4.78, 5) is 11.6. The maximum atomic E-state index is 12.5. The molecule has 154 valence electrons. The fourth-order valence-corrected chi connectivity index (χ4v) is 3.53. The van der Waals surface area contributed by atoms with Gasteiger partial charge in [-0.2, -0.15) is 8.78 Å². The normalized spacial score (nSPS) is 14.1. The summed E-state index contributed by atoms with van der Waals surface area (Å²) in [5.74, 6) is -3.05. The Morgan fingerprint density at radius 3 is 2.52 bits per heavy atom. The van der Waals surface area contributed by atoms with Crippen molar-refractivity contribution in [2.24, 2.45) is 0 Å². The highest BCUT2D eigenvalue weighted by atomic mass is 35.5. The van der Waals surface area contributed by atoms with Crippen LogP contribution in [0.4, 0.5) is 14.5 Å². The number of benzene rings is 2. The zero-order valence-corrected chi connectivity index (χ0v) is 16.5. The van der Waals surface area contributed by atoms with Gasteiger partial charge < -0.3 is 14.8 Å². The van der Waals surface area contributed by atoms with Gasteiger partial charge in [0.15, 0.2) is 11.5 Å². The van der Waals surface area contributed by atoms with Crippen molar-refractivity contribution in [3.63, 3.8) is 0 Å². The van der Waals surface area contributed by atoms with E-state index in [-0.39, 0.29) is 5.69 Å². The largest absolute Gasteiger partial charge is 0.489 e. The van der Waals surface area contributed by atoms with E-state index in [0.29, 0.717) is 35.3 Å². The molecule has 0 fully saturated rings. The summed E-state index contributed by atoms with van der Waals surface area (Å²) in [5.41, 5.74) is 0.873. The summed E-state index contributed by atoms with van der Waals surface area (Å²) in [6.45, 7) is 0.996. The monoisotopic (exact) mass is 443 g/mol. The van der Waals surface area contributed by atoms with E-state index in [2.05, 4.69) is 5.32 Å². The van der Waals surface area contributed by atoms with Crippen molar-refractivity contribution in [3.05, 3.63) is 53.1 Å². The molecule has 6 nitrogen and oxygen atoms in total. The number of ether oxygens (including phenoxy) is 2. The van der Waals surface area contributed by atoms with Gasteiger partial charge in [-0.1, -0.05) is 11.6 Å². The second-order valence-corrected chi connectivity index (χ2v) is 8.36. The number of halogens is 3. The van der Waals surface area contributed by atoms with Crippen molar-refractivity contribution in [1.29, 1.82) is 0 Å². The predicted octanol–water partition coefficient (Wildman–Crippen LogP) is 4.15. The minimum atomic E-state index is -4.68. The van der Waals surface area contributed by atoms with Gasteiger partial charge in [0.25, 0.3) is 0 Å². The molecule has 1 aliphatic heterocycles. The first-order valence-electron chi connectivity index (χ1n) is 8.48. The third-order valence-corrected chi connectivity index (χ3v) is 5.62. The van der Waals surface area contributed by atoms with Gasteiger partial charge in [-0.05, 0) is 48.0 Å². The lowest BCUT2D eigenvalue weighted by Gasteiger charge is -2.10. The number of carbonyl (C=O) groups excluding carboxylic acids is 1. The van der Waals surface area contributed by atoms with E-state index in [4.69, 9.17) is 21.1 Å². The summed E-state index contributed by atoms with van der Waals surface area (Å²) in [7, 11) is -4.68. The Labute approximate surface area is 171 Å². The number of sulfone groups is 1. The molecule has 0 unspecified atom stereocenters. The molecule has 0 atom stereocenters. The van der Waals surface area contributed by atoms with Gasteiger partial charge in [0.05, 0.1) is 23.1 Å². The van der Waals surface area contributed by atoms with Crippen LogP contribution in [0.15, 0.2) is 47.4 Å². The molecule has 0 saturated heterocycles. The van der Waals surface area contributed by atoms with Gasteiger partial charge in [-0.25, -0.2) is 8.42 Å². The lowest BCUT2D eigenvalue weighted by atomic mass is 10.2. The molecule has 10 heteroatoms. The average Bonchev–Trinajstić information content (AvgIpc) is 2.92. The first-order valence-corrected chi connectivity index (χ1v) is 10.4. The number of amides is 1. The summed E-state index contributed by atoms with van der Waals surface area (Å²) < 4.78 is 59.0. The van der Waals surface area contributed by atoms with Crippen LogP contribution in [-0.4, -0.2) is 33.3 Å². The highest BCUT2D eigenvalue weighted by Crippen LogP contribution is 2.38. The number of nitrogens with one attached hydrogen (secondary N) is 1. The summed E-state index contributed by atoms with van der Waals surface area (Å²) in [6.07, 6.45) is 3.50. The van der Waals surface area contributed by atoms with Gasteiger partial charge in [0.1, 0.15) is 0 Å². The summed E-state index contributed by atoms with van der Waals surface area (Å²) in [5, 5.41) is 2.87. The average molecular weight is 444 g/mol. The van der Waals surface area contributed by atoms with Crippen LogP contribution in [0.1, 0.15) is 12.0 Å². The lowest BCUT2D eigenvalue weighted by molar-refractivity contribution is -0.111. The van der Waals surface area contributed by atoms with Crippen molar-refractivity contribution < 1.29 is 31.5 Å². The quantitative estimate of drug-likeness (QED) is 0.702. The molecule has 3 rings (SSSR count). The molecular formula is C19H16ClF2NO5S. The van der Waals surface area contributed by atoms with E-state index in [1.807, 2.05) is 0 Å². The first kappa shape index (κ1) is 21.1. The maximum Gasteiger partial charge on any atom is 0.341 e. The summed E-state index contributed by atoms with van der Waals surface area (Å²) in [6, 6.07) is 7.79. The van der Waals surface area contributed by atoms with Crippen LogP contribution >= 0.6 is 11.6 Å². The number of carbonyl (C=O) groups is 1. The molecule has 1 N–H and O–H groups in total. The SMILES string of the molecule is O=C(/C=C/c1cc(Cl)c2c(c1)OCCCO2)Nc1ccc(S(=O)(=O)C(F)F)cc1. The molecule has 1 amide bonds. The minimum absolute atomic E-state index is 0.254. The Morgan fingerprint density at radius 2 is 1.83 bits per heavy atom. The van der Waals surface area contributed by atoms with Crippen molar-refractivity contribution in [3.8, 4) is 11.5 Å². The Balaban J connectivity index is 1.69. The Hall–Kier alpha value is -2.65. The number of anilines is 1. The lowest BCUT2D eigenvalue weighted by Crippen LogP contribution is -2.12. The fourth-order valence-electron chi connectivity index (χ4n) is 2.53. The molecule has 1 heterocycles. The second kappa shape index (κ2) is 8.79. The van der Waals surface area contributed by atoms with Crippen LogP contribution in [0.2, 0.25) is 5.02 Å². The van der Waals surface area contributed by atoms with Crippen LogP contribution < -0.4 is 14.8 Å². The number of hydrogen-bond acceptors (Lipinski definition) is 5. The maximum absolute atomic E-state index is 12.5. The molecule has 2 aromatic carbocycles. The van der Waals surface area contributed by atoms with Crippen molar-refractivity contribution in [2.75, 3.05) is 18.5 Å². The van der Waals surface area contributed by atoms with Crippen molar-refractivity contribution in [2.45, 2.75) is 17.1 Å². The van der Waals surface area contributed by atoms with Crippen molar-refractivity contribution in [1.82, 2.24) is 0 Å². The molecule has 29 heavy (non-hydrogen) atoms. The standard InChI is InChI=1S/C19H16ClF2NO5S/c20-15-10-12(11-16-18(15)28-9-1-8-27-16)2-7-17(24)23-13-3-5-14(6-4-13)29(25,26)19(21)22/h2-7,10-11,19H,1,8-9H2,(H,23,24)/b7-2+. The molecule has 0 aliphatic carbocycles. The third-order valence-electron chi connectivity index (χ3n) is 3.94. The molecule has 0 saturated carbocycles. The highest BCUT2D eigenvalue weighted by molar-refractivity contribution is 7.91. The van der Waals surface area contributed by atoms with Gasteiger partial charge >= 0.3 is 5.76 Å². The number of hydrogen-bond donors (Lipinski definition) is 1. The Kier molecular flexibility index (Phi) is 6.39. The Morgan fingerprint density at radius 1 is 1.14 bits per heavy atom. The fraction of sp³-hybridized carbons (Fsp3) is 0.211. The molecule has 0 radical (unpaired) electrons. The van der Waals surface area contributed by atoms with Crippen molar-refractivity contribution >= 4 is 39.1 Å². The molecule has 2 aromatic rings. The van der Waals surface area contributed by atoms with Gasteiger partial charge in [-0.3, -0.25) is 4.79 Å². The topological polar surface area (TPSA) is 81.7 Å². The highest BCUT2D eigenvalue weighted by Gasteiger charge is 2.26. The molecular weight excluding hydrogens is 428 g/mol. The number of rotatable bonds is 5. The van der Waals surface area contributed by atoms with Gasteiger partial charge in [0.2, 0.25) is 15.7 Å². The molecule has 0 aromatic heterocycles. The van der Waals surface area contributed by atoms with E-state index in [0.717, 1.165) is 18.6 Å². The smallest absolute Gasteiger partial charge is 0.341 e. The zero-order chi connectivity index (χ0) is 21.0. The molecule has 0 spiro atoms. The first-order chi connectivity index (χ1) is 13.8. The van der Waals surface area contributed by atoms with E-state index in [9.17, 15) is 22.0 Å². The Bertz CT molecular complexity index is 1040. The van der Waals surface area contributed by atoms with Crippen LogP contribution in [0, 0.1) is 0 Å². The zero-order valence-electron chi connectivity index (χ0n) is 14.9. The second-order valence-electron chi connectivity index (χ2n) is 6.03. The predicted molar refractivity (Wildman–Crippen MR) is 104 cm³/mol. The van der Waals surface area contributed by atoms with Gasteiger partial charge in [0, 0.05) is 18.2 Å². The van der Waals surface area contributed by atoms with E-state index in [1.54, 1.807) is 12.1 Å².